The third-order valence-corrected chi connectivity index (χ3v) is 1.27. The minimum Gasteiger partial charge on any atom is -0.311 e. The van der Waals surface area contributed by atoms with Crippen LogP contribution in [0.15, 0.2) is 0 Å². The van der Waals surface area contributed by atoms with Crippen LogP contribution in [0.3, 0.4) is 0 Å². The third kappa shape index (κ3) is 2.07. The fourth-order valence-electron chi connectivity index (χ4n) is 0.632. The van der Waals surface area contributed by atoms with Crippen LogP contribution in [-0.2, 0) is 0 Å². The fourth-order valence-corrected chi connectivity index (χ4v) is 0.632. The maximum Gasteiger partial charge on any atom is 0.0435 e. The minimum absolute atomic E-state index is 0.329. The predicted octanol–water partition coefficient (Wildman–Crippen LogP) is 0.976. The zero-order valence-corrected chi connectivity index (χ0v) is 5.81. The van der Waals surface area contributed by atoms with Gasteiger partial charge in [0.1, 0.15) is 0 Å². The Morgan fingerprint density at radius 1 is 1.62 bits per heavy atom. The first-order chi connectivity index (χ1) is 3.72. The number of nitrogens with zero attached hydrogens (tertiary/aromatic N) is 1. The van der Waals surface area contributed by atoms with Gasteiger partial charge in [-0.25, -0.2) is 0 Å². The van der Waals surface area contributed by atoms with Gasteiger partial charge >= 0.3 is 0 Å². The molecular weight excluding hydrogens is 100 g/mol. The molecule has 2 nitrogen and oxygen atoms in total. The van der Waals surface area contributed by atoms with E-state index in [1.165, 1.54) is 6.21 Å². The molecule has 1 N–H and O–H groups in total. The summed E-state index contributed by atoms with van der Waals surface area (Å²) >= 11 is 0. The first-order valence-corrected chi connectivity index (χ1v) is 2.89. The van der Waals surface area contributed by atoms with Crippen molar-refractivity contribution < 1.29 is 0 Å². The lowest BCUT2D eigenvalue weighted by Gasteiger charge is -2.16. The Hall–Kier alpha value is -0.370. The van der Waals surface area contributed by atoms with Crippen LogP contribution in [-0.4, -0.2) is 31.3 Å². The number of rotatable bonds is 3. The molecule has 0 saturated heterocycles. The maximum atomic E-state index is 6.92. The van der Waals surface area contributed by atoms with Crippen LogP contribution in [0.1, 0.15) is 13.3 Å². The molecule has 48 valence electrons. The Morgan fingerprint density at radius 2 is 2.12 bits per heavy atom. The van der Waals surface area contributed by atoms with Crippen LogP contribution in [0, 0.1) is 5.41 Å². The summed E-state index contributed by atoms with van der Waals surface area (Å²) in [6, 6.07) is 0.329. The third-order valence-electron chi connectivity index (χ3n) is 1.27. The summed E-state index contributed by atoms with van der Waals surface area (Å²) in [6.07, 6.45) is 2.50. The lowest BCUT2D eigenvalue weighted by Crippen LogP contribution is -2.27. The minimum atomic E-state index is 0.329. The monoisotopic (exact) mass is 114 g/mol. The van der Waals surface area contributed by atoms with E-state index in [9.17, 15) is 0 Å². The highest BCUT2D eigenvalue weighted by Gasteiger charge is 2.01. The first kappa shape index (κ1) is 7.63. The summed E-state index contributed by atoms with van der Waals surface area (Å²) in [5, 5.41) is 6.92. The molecule has 0 aliphatic carbocycles. The van der Waals surface area contributed by atoms with E-state index in [1.54, 1.807) is 0 Å². The van der Waals surface area contributed by atoms with Crippen LogP contribution < -0.4 is 0 Å². The second-order valence-corrected chi connectivity index (χ2v) is 2.11. The zero-order chi connectivity index (χ0) is 6.57. The highest BCUT2D eigenvalue weighted by Crippen LogP contribution is 1.92. The lowest BCUT2D eigenvalue weighted by atomic mass is 10.2. The molecule has 0 amide bonds. The van der Waals surface area contributed by atoms with Crippen molar-refractivity contribution in [1.29, 1.82) is 5.41 Å². The molecule has 0 rings (SSSR count). The topological polar surface area (TPSA) is 27.1 Å². The second-order valence-electron chi connectivity index (χ2n) is 2.11. The molecule has 0 fully saturated rings. The van der Waals surface area contributed by atoms with Gasteiger partial charge in [-0.1, -0.05) is 6.92 Å². The Morgan fingerprint density at radius 3 is 2.12 bits per heavy atom. The van der Waals surface area contributed by atoms with Crippen LogP contribution in [0.4, 0.5) is 0 Å². The quantitative estimate of drug-likeness (QED) is 0.544. The largest absolute Gasteiger partial charge is 0.311 e. The van der Waals surface area contributed by atoms with E-state index in [4.69, 9.17) is 5.41 Å². The van der Waals surface area contributed by atoms with Gasteiger partial charge < -0.3 is 10.3 Å². The molecule has 0 radical (unpaired) electrons. The van der Waals surface area contributed by atoms with E-state index in [1.807, 2.05) is 19.0 Å². The first-order valence-electron chi connectivity index (χ1n) is 2.89. The Labute approximate surface area is 51.0 Å². The summed E-state index contributed by atoms with van der Waals surface area (Å²) in [4.78, 5) is 2.03. The van der Waals surface area contributed by atoms with Gasteiger partial charge in [0.25, 0.3) is 0 Å². The standard InChI is InChI=1S/C6H14N2/c1-4-6(5-7)8(2)3/h5-7H,4H2,1-3H3. The predicted molar refractivity (Wildman–Crippen MR) is 36.5 cm³/mol. The van der Waals surface area contributed by atoms with E-state index < -0.39 is 0 Å². The average molecular weight is 114 g/mol. The summed E-state index contributed by atoms with van der Waals surface area (Å²) in [7, 11) is 3.97. The molecule has 0 aliphatic rings. The van der Waals surface area contributed by atoms with Gasteiger partial charge in [0.05, 0.1) is 0 Å². The van der Waals surface area contributed by atoms with Gasteiger partial charge in [-0.2, -0.15) is 0 Å². The molecule has 0 aromatic carbocycles. The molecule has 0 aromatic rings. The van der Waals surface area contributed by atoms with Gasteiger partial charge in [-0.05, 0) is 20.5 Å². The van der Waals surface area contributed by atoms with Crippen molar-refractivity contribution in [3.05, 3.63) is 0 Å². The molecular formula is C6H14N2. The van der Waals surface area contributed by atoms with E-state index in [-0.39, 0.29) is 0 Å². The molecule has 0 saturated carbocycles. The molecule has 1 atom stereocenters. The lowest BCUT2D eigenvalue weighted by molar-refractivity contribution is 0.358. The summed E-state index contributed by atoms with van der Waals surface area (Å²) in [5.74, 6) is 0. The van der Waals surface area contributed by atoms with Gasteiger partial charge in [-0.15, -0.1) is 0 Å². The van der Waals surface area contributed by atoms with Crippen molar-refractivity contribution in [2.75, 3.05) is 14.1 Å². The van der Waals surface area contributed by atoms with Crippen LogP contribution in [0.2, 0.25) is 0 Å². The van der Waals surface area contributed by atoms with Crippen molar-refractivity contribution in [2.24, 2.45) is 0 Å². The summed E-state index contributed by atoms with van der Waals surface area (Å²) < 4.78 is 0. The van der Waals surface area contributed by atoms with Crippen LogP contribution >= 0.6 is 0 Å². The van der Waals surface area contributed by atoms with Crippen LogP contribution in [0.5, 0.6) is 0 Å². The number of hydrogen-bond acceptors (Lipinski definition) is 2. The van der Waals surface area contributed by atoms with Crippen molar-refractivity contribution in [1.82, 2.24) is 4.90 Å². The van der Waals surface area contributed by atoms with Crippen molar-refractivity contribution in [2.45, 2.75) is 19.4 Å². The van der Waals surface area contributed by atoms with Gasteiger partial charge in [0.15, 0.2) is 0 Å². The molecule has 0 aliphatic heterocycles. The van der Waals surface area contributed by atoms with E-state index in [0.29, 0.717) is 6.04 Å². The van der Waals surface area contributed by atoms with Crippen molar-refractivity contribution in [3.63, 3.8) is 0 Å². The average Bonchev–Trinajstić information content (AvgIpc) is 1.69. The number of hydrogen-bond donors (Lipinski definition) is 1. The van der Waals surface area contributed by atoms with Crippen molar-refractivity contribution in [3.8, 4) is 0 Å². The SMILES string of the molecule is CCC(C=N)N(C)C. The zero-order valence-electron chi connectivity index (χ0n) is 5.81. The Bertz CT molecular complexity index is 68.9. The van der Waals surface area contributed by atoms with Gasteiger partial charge in [0.2, 0.25) is 0 Å². The van der Waals surface area contributed by atoms with E-state index >= 15 is 0 Å². The van der Waals surface area contributed by atoms with Crippen molar-refractivity contribution >= 4 is 6.21 Å². The second kappa shape index (κ2) is 3.61. The summed E-state index contributed by atoms with van der Waals surface area (Å²) in [6.45, 7) is 2.08. The molecule has 8 heavy (non-hydrogen) atoms. The highest BCUT2D eigenvalue weighted by atomic mass is 15.1. The molecule has 0 heterocycles. The Kier molecular flexibility index (Phi) is 3.44. The normalized spacial score (nSPS) is 14.0. The smallest absolute Gasteiger partial charge is 0.0435 e. The molecule has 0 bridgehead atoms. The highest BCUT2D eigenvalue weighted by molar-refractivity contribution is 5.60. The molecule has 0 aromatic heterocycles. The summed E-state index contributed by atoms with van der Waals surface area (Å²) in [5.41, 5.74) is 0. The van der Waals surface area contributed by atoms with Gasteiger partial charge in [-0.3, -0.25) is 0 Å². The fraction of sp³-hybridized carbons (Fsp3) is 0.833. The van der Waals surface area contributed by atoms with E-state index in [2.05, 4.69) is 6.92 Å². The molecule has 1 unspecified atom stereocenters. The number of nitrogens with one attached hydrogen (secondary N) is 1. The molecule has 2 heteroatoms. The van der Waals surface area contributed by atoms with Gasteiger partial charge in [0, 0.05) is 12.3 Å². The Balaban J connectivity index is 3.51. The van der Waals surface area contributed by atoms with Crippen LogP contribution in [0.25, 0.3) is 0 Å². The van der Waals surface area contributed by atoms with E-state index in [0.717, 1.165) is 6.42 Å². The maximum absolute atomic E-state index is 6.92. The molecule has 0 spiro atoms.